The SMILES string of the molecule is Cc1ccc2nnc(-c3ccc(C)o3)n2c1. The molecule has 3 aromatic rings. The predicted molar refractivity (Wildman–Crippen MR) is 60.2 cm³/mol. The molecule has 0 atom stereocenters. The molecular weight excluding hydrogens is 202 g/mol. The number of aryl methyl sites for hydroxylation is 2. The van der Waals surface area contributed by atoms with E-state index in [0.29, 0.717) is 0 Å². The van der Waals surface area contributed by atoms with Gasteiger partial charge in [-0.2, -0.15) is 0 Å². The van der Waals surface area contributed by atoms with Crippen molar-refractivity contribution in [2.75, 3.05) is 0 Å². The fraction of sp³-hybridized carbons (Fsp3) is 0.167. The van der Waals surface area contributed by atoms with E-state index in [4.69, 9.17) is 4.42 Å². The second-order valence-corrected chi connectivity index (χ2v) is 3.87. The third kappa shape index (κ3) is 1.31. The normalized spacial score (nSPS) is 11.1. The highest BCUT2D eigenvalue weighted by atomic mass is 16.3. The Labute approximate surface area is 92.5 Å². The molecular formula is C12H11N3O. The standard InChI is InChI=1S/C12H11N3O/c1-8-3-6-11-13-14-12(15(11)7-8)10-5-4-9(2)16-10/h3-7H,1-2H3. The Morgan fingerprint density at radius 2 is 1.94 bits per heavy atom. The van der Waals surface area contributed by atoms with Crippen LogP contribution in [0.3, 0.4) is 0 Å². The van der Waals surface area contributed by atoms with Crippen LogP contribution in [0.5, 0.6) is 0 Å². The van der Waals surface area contributed by atoms with Gasteiger partial charge in [0.15, 0.2) is 11.4 Å². The van der Waals surface area contributed by atoms with Crippen LogP contribution < -0.4 is 0 Å². The Morgan fingerprint density at radius 3 is 2.69 bits per heavy atom. The molecule has 0 N–H and O–H groups in total. The van der Waals surface area contributed by atoms with Gasteiger partial charge in [-0.1, -0.05) is 6.07 Å². The van der Waals surface area contributed by atoms with Crippen LogP contribution in [0.1, 0.15) is 11.3 Å². The predicted octanol–water partition coefficient (Wildman–Crippen LogP) is 2.61. The number of hydrogen-bond acceptors (Lipinski definition) is 3. The first-order chi connectivity index (χ1) is 7.74. The fourth-order valence-corrected chi connectivity index (χ4v) is 1.72. The molecule has 0 spiro atoms. The summed E-state index contributed by atoms with van der Waals surface area (Å²) in [6.07, 6.45) is 2.00. The molecule has 4 heteroatoms. The average molecular weight is 213 g/mol. The second kappa shape index (κ2) is 3.20. The number of furan rings is 1. The smallest absolute Gasteiger partial charge is 0.204 e. The van der Waals surface area contributed by atoms with Crippen molar-refractivity contribution in [1.82, 2.24) is 14.6 Å². The Bertz CT molecular complexity index is 651. The summed E-state index contributed by atoms with van der Waals surface area (Å²) < 4.78 is 7.49. The van der Waals surface area contributed by atoms with Crippen molar-refractivity contribution in [2.45, 2.75) is 13.8 Å². The van der Waals surface area contributed by atoms with Crippen molar-refractivity contribution >= 4 is 5.65 Å². The number of pyridine rings is 1. The zero-order chi connectivity index (χ0) is 11.1. The molecule has 3 rings (SSSR count). The number of nitrogens with zero attached hydrogens (tertiary/aromatic N) is 3. The van der Waals surface area contributed by atoms with Crippen LogP contribution in [-0.2, 0) is 0 Å². The van der Waals surface area contributed by atoms with E-state index in [0.717, 1.165) is 28.6 Å². The summed E-state index contributed by atoms with van der Waals surface area (Å²) in [5, 5.41) is 8.24. The molecule has 0 saturated heterocycles. The highest BCUT2D eigenvalue weighted by molar-refractivity contribution is 5.54. The Balaban J connectivity index is 2.27. The fourth-order valence-electron chi connectivity index (χ4n) is 1.72. The van der Waals surface area contributed by atoms with Gasteiger partial charge in [0.1, 0.15) is 5.76 Å². The average Bonchev–Trinajstić information content (AvgIpc) is 2.83. The molecule has 3 heterocycles. The monoisotopic (exact) mass is 213 g/mol. The van der Waals surface area contributed by atoms with E-state index >= 15 is 0 Å². The molecule has 0 amide bonds. The third-order valence-electron chi connectivity index (χ3n) is 2.51. The molecule has 0 fully saturated rings. The topological polar surface area (TPSA) is 43.3 Å². The minimum absolute atomic E-state index is 0.742. The van der Waals surface area contributed by atoms with E-state index in [1.807, 2.05) is 48.7 Å². The van der Waals surface area contributed by atoms with Gasteiger partial charge in [0.05, 0.1) is 0 Å². The van der Waals surface area contributed by atoms with Crippen LogP contribution in [0.4, 0.5) is 0 Å². The summed E-state index contributed by atoms with van der Waals surface area (Å²) in [5.74, 6) is 2.36. The number of hydrogen-bond donors (Lipinski definition) is 0. The van der Waals surface area contributed by atoms with Crippen LogP contribution in [0.25, 0.3) is 17.2 Å². The summed E-state index contributed by atoms with van der Waals surface area (Å²) in [6, 6.07) is 7.79. The molecule has 0 aliphatic rings. The minimum Gasteiger partial charge on any atom is -0.458 e. The first kappa shape index (κ1) is 9.15. The summed E-state index contributed by atoms with van der Waals surface area (Å²) in [6.45, 7) is 3.95. The third-order valence-corrected chi connectivity index (χ3v) is 2.51. The molecule has 0 aliphatic heterocycles. The zero-order valence-electron chi connectivity index (χ0n) is 9.14. The summed E-state index contributed by atoms with van der Waals surface area (Å²) in [5.41, 5.74) is 1.99. The molecule has 0 unspecified atom stereocenters. The van der Waals surface area contributed by atoms with E-state index < -0.39 is 0 Å². The van der Waals surface area contributed by atoms with Gasteiger partial charge in [0, 0.05) is 6.20 Å². The van der Waals surface area contributed by atoms with E-state index in [1.54, 1.807) is 0 Å². The van der Waals surface area contributed by atoms with Gasteiger partial charge in [-0.3, -0.25) is 4.40 Å². The van der Waals surface area contributed by atoms with Crippen molar-refractivity contribution < 1.29 is 4.42 Å². The lowest BCUT2D eigenvalue weighted by Crippen LogP contribution is -1.88. The van der Waals surface area contributed by atoms with Crippen LogP contribution in [-0.4, -0.2) is 14.6 Å². The molecule has 80 valence electrons. The molecule has 0 bridgehead atoms. The van der Waals surface area contributed by atoms with Crippen LogP contribution in [0.2, 0.25) is 0 Å². The summed E-state index contributed by atoms with van der Waals surface area (Å²) in [7, 11) is 0. The molecule has 0 radical (unpaired) electrons. The van der Waals surface area contributed by atoms with Crippen LogP contribution >= 0.6 is 0 Å². The molecule has 0 saturated carbocycles. The Morgan fingerprint density at radius 1 is 1.06 bits per heavy atom. The van der Waals surface area contributed by atoms with E-state index in [1.165, 1.54) is 0 Å². The van der Waals surface area contributed by atoms with Gasteiger partial charge in [0.2, 0.25) is 5.82 Å². The maximum Gasteiger partial charge on any atom is 0.204 e. The quantitative estimate of drug-likeness (QED) is 0.624. The summed E-state index contributed by atoms with van der Waals surface area (Å²) in [4.78, 5) is 0. The van der Waals surface area contributed by atoms with E-state index in [-0.39, 0.29) is 0 Å². The highest BCUT2D eigenvalue weighted by Gasteiger charge is 2.10. The Hall–Kier alpha value is -2.10. The maximum atomic E-state index is 5.55. The van der Waals surface area contributed by atoms with Crippen molar-refractivity contribution in [3.8, 4) is 11.6 Å². The molecule has 3 aromatic heterocycles. The zero-order valence-corrected chi connectivity index (χ0v) is 9.14. The molecule has 0 aromatic carbocycles. The molecule has 4 nitrogen and oxygen atoms in total. The lowest BCUT2D eigenvalue weighted by atomic mass is 10.3. The number of aromatic nitrogens is 3. The van der Waals surface area contributed by atoms with Crippen molar-refractivity contribution in [2.24, 2.45) is 0 Å². The van der Waals surface area contributed by atoms with Crippen molar-refractivity contribution in [3.63, 3.8) is 0 Å². The molecule has 0 aliphatic carbocycles. The van der Waals surface area contributed by atoms with E-state index in [9.17, 15) is 0 Å². The van der Waals surface area contributed by atoms with Crippen molar-refractivity contribution in [3.05, 3.63) is 41.8 Å². The van der Waals surface area contributed by atoms with Gasteiger partial charge in [0.25, 0.3) is 0 Å². The largest absolute Gasteiger partial charge is 0.458 e. The van der Waals surface area contributed by atoms with Crippen LogP contribution in [0, 0.1) is 13.8 Å². The lowest BCUT2D eigenvalue weighted by Gasteiger charge is -1.97. The first-order valence-corrected chi connectivity index (χ1v) is 5.12. The Kier molecular flexibility index (Phi) is 1.83. The highest BCUT2D eigenvalue weighted by Crippen LogP contribution is 2.20. The van der Waals surface area contributed by atoms with Gasteiger partial charge >= 0.3 is 0 Å². The molecule has 16 heavy (non-hydrogen) atoms. The maximum absolute atomic E-state index is 5.55. The first-order valence-electron chi connectivity index (χ1n) is 5.12. The van der Waals surface area contributed by atoms with Crippen molar-refractivity contribution in [1.29, 1.82) is 0 Å². The van der Waals surface area contributed by atoms with E-state index in [2.05, 4.69) is 10.2 Å². The summed E-state index contributed by atoms with van der Waals surface area (Å²) >= 11 is 0. The van der Waals surface area contributed by atoms with Gasteiger partial charge in [-0.05, 0) is 37.6 Å². The van der Waals surface area contributed by atoms with Gasteiger partial charge < -0.3 is 4.42 Å². The van der Waals surface area contributed by atoms with Crippen LogP contribution in [0.15, 0.2) is 34.9 Å². The minimum atomic E-state index is 0.742. The number of rotatable bonds is 1. The second-order valence-electron chi connectivity index (χ2n) is 3.87. The number of fused-ring (bicyclic) bond motifs is 1. The lowest BCUT2D eigenvalue weighted by molar-refractivity contribution is 0.543. The van der Waals surface area contributed by atoms with Gasteiger partial charge in [-0.15, -0.1) is 10.2 Å². The van der Waals surface area contributed by atoms with Gasteiger partial charge in [-0.25, -0.2) is 0 Å².